The van der Waals surface area contributed by atoms with E-state index < -0.39 is 0 Å². The van der Waals surface area contributed by atoms with Crippen LogP contribution in [0.15, 0.2) is 48.5 Å². The summed E-state index contributed by atoms with van der Waals surface area (Å²) >= 11 is 3.52. The van der Waals surface area contributed by atoms with E-state index in [1.807, 2.05) is 24.3 Å². The Kier molecular flexibility index (Phi) is 4.97. The highest BCUT2D eigenvalue weighted by Gasteiger charge is 2.12. The zero-order chi connectivity index (χ0) is 13.7. The maximum absolute atomic E-state index is 13.3. The van der Waals surface area contributed by atoms with Crippen molar-refractivity contribution in [1.82, 2.24) is 0 Å². The fourth-order valence-corrected chi connectivity index (χ4v) is 2.71. The predicted molar refractivity (Wildman–Crippen MR) is 79.6 cm³/mol. The molecule has 2 rings (SSSR count). The molecule has 1 unspecified atom stereocenters. The first-order valence-corrected chi connectivity index (χ1v) is 7.29. The molecule has 100 valence electrons. The summed E-state index contributed by atoms with van der Waals surface area (Å²) in [5, 5.41) is 0.799. The van der Waals surface area contributed by atoms with Gasteiger partial charge in [-0.1, -0.05) is 40.2 Å². The Hall–Kier alpha value is -1.35. The van der Waals surface area contributed by atoms with Crippen molar-refractivity contribution in [3.63, 3.8) is 0 Å². The molecule has 0 bridgehead atoms. The fraction of sp³-hybridized carbons (Fsp3) is 0.250. The van der Waals surface area contributed by atoms with Crippen LogP contribution in [0, 0.1) is 5.82 Å². The molecule has 0 saturated carbocycles. The van der Waals surface area contributed by atoms with Gasteiger partial charge in [-0.3, -0.25) is 0 Å². The van der Waals surface area contributed by atoms with Crippen LogP contribution in [0.25, 0.3) is 0 Å². The molecule has 0 fully saturated rings. The Morgan fingerprint density at radius 2 is 1.95 bits per heavy atom. The highest BCUT2D eigenvalue weighted by molar-refractivity contribution is 9.09. The molecule has 0 spiro atoms. The van der Waals surface area contributed by atoms with Gasteiger partial charge in [-0.25, -0.2) is 4.39 Å². The normalized spacial score (nSPS) is 12.2. The van der Waals surface area contributed by atoms with Crippen molar-refractivity contribution in [2.75, 3.05) is 12.4 Å². The minimum atomic E-state index is -0.186. The molecule has 0 aliphatic rings. The molecule has 3 heteroatoms. The summed E-state index contributed by atoms with van der Waals surface area (Å²) in [6, 6.07) is 14.8. The summed E-state index contributed by atoms with van der Waals surface area (Å²) < 4.78 is 18.5. The average molecular weight is 323 g/mol. The van der Waals surface area contributed by atoms with Crippen LogP contribution >= 0.6 is 15.9 Å². The zero-order valence-corrected chi connectivity index (χ0v) is 12.4. The van der Waals surface area contributed by atoms with Crippen molar-refractivity contribution >= 4 is 15.9 Å². The summed E-state index contributed by atoms with van der Waals surface area (Å²) in [7, 11) is 1.66. The largest absolute Gasteiger partial charge is 0.497 e. The smallest absolute Gasteiger partial charge is 0.123 e. The van der Waals surface area contributed by atoms with Crippen LogP contribution in [0.2, 0.25) is 0 Å². The van der Waals surface area contributed by atoms with Gasteiger partial charge in [0.1, 0.15) is 11.6 Å². The van der Waals surface area contributed by atoms with Gasteiger partial charge in [-0.05, 0) is 47.7 Å². The first-order chi connectivity index (χ1) is 9.22. The molecule has 0 aliphatic carbocycles. The third kappa shape index (κ3) is 3.80. The Morgan fingerprint density at radius 3 is 2.63 bits per heavy atom. The number of ether oxygens (including phenoxy) is 1. The number of benzene rings is 2. The lowest BCUT2D eigenvalue weighted by Crippen LogP contribution is -2.05. The van der Waals surface area contributed by atoms with Crippen LogP contribution in [0.3, 0.4) is 0 Å². The van der Waals surface area contributed by atoms with Gasteiger partial charge in [0, 0.05) is 5.33 Å². The number of halogens is 2. The van der Waals surface area contributed by atoms with Crippen molar-refractivity contribution < 1.29 is 9.13 Å². The molecule has 0 radical (unpaired) electrons. The van der Waals surface area contributed by atoms with Gasteiger partial charge in [0.05, 0.1) is 7.11 Å². The highest BCUT2D eigenvalue weighted by Crippen LogP contribution is 2.25. The van der Waals surface area contributed by atoms with Gasteiger partial charge in [-0.2, -0.15) is 0 Å². The van der Waals surface area contributed by atoms with E-state index in [4.69, 9.17) is 4.74 Å². The van der Waals surface area contributed by atoms with Crippen LogP contribution in [-0.2, 0) is 6.42 Å². The van der Waals surface area contributed by atoms with Gasteiger partial charge in [0.25, 0.3) is 0 Å². The highest BCUT2D eigenvalue weighted by atomic mass is 79.9. The summed E-state index contributed by atoms with van der Waals surface area (Å²) in [6.45, 7) is 0. The molecule has 2 aromatic rings. The lowest BCUT2D eigenvalue weighted by atomic mass is 9.93. The summed E-state index contributed by atoms with van der Waals surface area (Å²) in [5.41, 5.74) is 2.20. The second-order valence-electron chi connectivity index (χ2n) is 4.46. The fourth-order valence-electron chi connectivity index (χ4n) is 2.11. The monoisotopic (exact) mass is 322 g/mol. The molecule has 1 nitrogen and oxygen atoms in total. The van der Waals surface area contributed by atoms with E-state index in [1.54, 1.807) is 19.2 Å². The SMILES string of the molecule is COc1cccc(CC(CBr)c2cccc(F)c2)c1. The maximum atomic E-state index is 13.3. The second kappa shape index (κ2) is 6.71. The number of hydrogen-bond acceptors (Lipinski definition) is 1. The molecule has 2 aromatic carbocycles. The number of hydrogen-bond donors (Lipinski definition) is 0. The Bertz CT molecular complexity index is 542. The summed E-state index contributed by atoms with van der Waals surface area (Å²) in [4.78, 5) is 0. The molecule has 0 aliphatic heterocycles. The molecule has 0 N–H and O–H groups in total. The topological polar surface area (TPSA) is 9.23 Å². The van der Waals surface area contributed by atoms with Crippen LogP contribution < -0.4 is 4.74 Å². The maximum Gasteiger partial charge on any atom is 0.123 e. The van der Waals surface area contributed by atoms with E-state index in [0.717, 1.165) is 23.1 Å². The van der Waals surface area contributed by atoms with E-state index >= 15 is 0 Å². The molecule has 19 heavy (non-hydrogen) atoms. The lowest BCUT2D eigenvalue weighted by molar-refractivity contribution is 0.414. The average Bonchev–Trinajstić information content (AvgIpc) is 2.45. The van der Waals surface area contributed by atoms with Crippen molar-refractivity contribution in [2.45, 2.75) is 12.3 Å². The van der Waals surface area contributed by atoms with Crippen LogP contribution in [-0.4, -0.2) is 12.4 Å². The van der Waals surface area contributed by atoms with Gasteiger partial charge in [0.2, 0.25) is 0 Å². The quantitative estimate of drug-likeness (QED) is 0.733. The van der Waals surface area contributed by atoms with Crippen LogP contribution in [0.1, 0.15) is 17.0 Å². The van der Waals surface area contributed by atoms with E-state index in [2.05, 4.69) is 22.0 Å². The van der Waals surface area contributed by atoms with E-state index in [1.165, 1.54) is 11.6 Å². The number of rotatable bonds is 5. The first-order valence-electron chi connectivity index (χ1n) is 6.17. The van der Waals surface area contributed by atoms with Gasteiger partial charge >= 0.3 is 0 Å². The van der Waals surface area contributed by atoms with Crippen molar-refractivity contribution in [2.24, 2.45) is 0 Å². The summed E-state index contributed by atoms with van der Waals surface area (Å²) in [5.74, 6) is 0.918. The molecule has 0 aromatic heterocycles. The Balaban J connectivity index is 2.18. The number of methoxy groups -OCH3 is 1. The van der Waals surface area contributed by atoms with E-state index in [0.29, 0.717) is 0 Å². The third-order valence-electron chi connectivity index (χ3n) is 3.12. The van der Waals surface area contributed by atoms with E-state index in [-0.39, 0.29) is 11.7 Å². The molecule has 0 amide bonds. The third-order valence-corrected chi connectivity index (χ3v) is 3.90. The number of alkyl halides is 1. The van der Waals surface area contributed by atoms with Gasteiger partial charge in [-0.15, -0.1) is 0 Å². The van der Waals surface area contributed by atoms with Crippen molar-refractivity contribution in [3.8, 4) is 5.75 Å². The second-order valence-corrected chi connectivity index (χ2v) is 5.11. The van der Waals surface area contributed by atoms with Crippen LogP contribution in [0.4, 0.5) is 4.39 Å². The predicted octanol–water partition coefficient (Wildman–Crippen LogP) is 4.56. The minimum absolute atomic E-state index is 0.186. The molecule has 1 atom stereocenters. The minimum Gasteiger partial charge on any atom is -0.497 e. The van der Waals surface area contributed by atoms with Gasteiger partial charge in [0.15, 0.2) is 0 Å². The molecule has 0 heterocycles. The van der Waals surface area contributed by atoms with E-state index in [9.17, 15) is 4.39 Å². The molecular weight excluding hydrogens is 307 g/mol. The van der Waals surface area contributed by atoms with Crippen molar-refractivity contribution in [3.05, 3.63) is 65.5 Å². The molecule has 0 saturated heterocycles. The van der Waals surface area contributed by atoms with Crippen molar-refractivity contribution in [1.29, 1.82) is 0 Å². The standard InChI is InChI=1S/C16H16BrFO/c1-19-16-7-2-4-12(9-16)8-14(11-17)13-5-3-6-15(18)10-13/h2-7,9-10,14H,8,11H2,1H3. The zero-order valence-electron chi connectivity index (χ0n) is 10.8. The Morgan fingerprint density at radius 1 is 1.16 bits per heavy atom. The molecular formula is C16H16BrFO. The van der Waals surface area contributed by atoms with Crippen LogP contribution in [0.5, 0.6) is 5.75 Å². The Labute approximate surface area is 121 Å². The summed E-state index contributed by atoms with van der Waals surface area (Å²) in [6.07, 6.45) is 0.853. The first kappa shape index (κ1) is 14.1. The lowest BCUT2D eigenvalue weighted by Gasteiger charge is -2.15. The van der Waals surface area contributed by atoms with Gasteiger partial charge < -0.3 is 4.74 Å².